The summed E-state index contributed by atoms with van der Waals surface area (Å²) < 4.78 is 4.93. The molecule has 0 saturated heterocycles. The van der Waals surface area contributed by atoms with Crippen LogP contribution in [-0.4, -0.2) is 37.2 Å². The number of hydrogen-bond donors (Lipinski definition) is 0. The monoisotopic (exact) mass is 211 g/mol. The van der Waals surface area contributed by atoms with E-state index in [1.165, 1.54) is 12.3 Å². The van der Waals surface area contributed by atoms with E-state index in [2.05, 4.69) is 4.98 Å². The molecule has 0 aliphatic rings. The van der Waals surface area contributed by atoms with Crippen LogP contribution in [0, 0.1) is 10.1 Å². The average molecular weight is 211 g/mol. The van der Waals surface area contributed by atoms with E-state index < -0.39 is 4.92 Å². The standard InChI is InChI=1S/C9H13N3O3/c1-11(5-6-15-2)8-3-4-9(10-7-8)12(13)14/h3-4,7H,5-6H2,1-2H3. The molecule has 0 bridgehead atoms. The third kappa shape index (κ3) is 3.17. The minimum Gasteiger partial charge on any atom is -0.383 e. The van der Waals surface area contributed by atoms with Gasteiger partial charge in [0.1, 0.15) is 0 Å². The van der Waals surface area contributed by atoms with Gasteiger partial charge in [0, 0.05) is 26.8 Å². The van der Waals surface area contributed by atoms with Crippen LogP contribution >= 0.6 is 0 Å². The lowest BCUT2D eigenvalue weighted by atomic mass is 10.3. The Balaban J connectivity index is 2.66. The molecule has 0 amide bonds. The van der Waals surface area contributed by atoms with E-state index in [9.17, 15) is 10.1 Å². The summed E-state index contributed by atoms with van der Waals surface area (Å²) >= 11 is 0. The largest absolute Gasteiger partial charge is 0.383 e. The van der Waals surface area contributed by atoms with Crippen molar-refractivity contribution in [3.05, 3.63) is 28.4 Å². The van der Waals surface area contributed by atoms with E-state index in [0.29, 0.717) is 6.61 Å². The van der Waals surface area contributed by atoms with Crippen molar-refractivity contribution in [2.75, 3.05) is 32.2 Å². The molecule has 6 heteroatoms. The van der Waals surface area contributed by atoms with Gasteiger partial charge in [-0.05, 0) is 16.0 Å². The van der Waals surface area contributed by atoms with Crippen molar-refractivity contribution in [1.82, 2.24) is 4.98 Å². The van der Waals surface area contributed by atoms with E-state index in [4.69, 9.17) is 4.74 Å². The second-order valence-electron chi connectivity index (χ2n) is 3.05. The van der Waals surface area contributed by atoms with Crippen molar-refractivity contribution in [3.63, 3.8) is 0 Å². The Labute approximate surface area is 87.6 Å². The predicted octanol–water partition coefficient (Wildman–Crippen LogP) is 1.07. The Morgan fingerprint density at radius 3 is 2.80 bits per heavy atom. The molecule has 0 aromatic carbocycles. The van der Waals surface area contributed by atoms with E-state index >= 15 is 0 Å². The fourth-order valence-electron chi connectivity index (χ4n) is 1.07. The molecule has 0 fully saturated rings. The average Bonchev–Trinajstić information content (AvgIpc) is 2.26. The van der Waals surface area contributed by atoms with Crippen molar-refractivity contribution >= 4 is 11.5 Å². The Bertz CT molecular complexity index is 326. The summed E-state index contributed by atoms with van der Waals surface area (Å²) in [5, 5.41) is 10.4. The molecule has 0 atom stereocenters. The molecule has 6 nitrogen and oxygen atoms in total. The number of likely N-dealkylation sites (N-methyl/N-ethyl adjacent to an activating group) is 1. The molecule has 0 unspecified atom stereocenters. The van der Waals surface area contributed by atoms with Gasteiger partial charge >= 0.3 is 5.82 Å². The van der Waals surface area contributed by atoms with Gasteiger partial charge in [-0.25, -0.2) is 0 Å². The first-order valence-electron chi connectivity index (χ1n) is 4.45. The number of ether oxygens (including phenoxy) is 1. The zero-order valence-corrected chi connectivity index (χ0v) is 8.71. The molecule has 0 aliphatic carbocycles. The van der Waals surface area contributed by atoms with Crippen LogP contribution in [0.1, 0.15) is 0 Å². The van der Waals surface area contributed by atoms with Gasteiger partial charge in [-0.1, -0.05) is 0 Å². The number of rotatable bonds is 5. The summed E-state index contributed by atoms with van der Waals surface area (Å²) in [6, 6.07) is 3.05. The summed E-state index contributed by atoms with van der Waals surface area (Å²) in [6.07, 6.45) is 1.48. The van der Waals surface area contributed by atoms with Gasteiger partial charge in [0.2, 0.25) is 0 Å². The zero-order valence-electron chi connectivity index (χ0n) is 8.71. The topological polar surface area (TPSA) is 68.5 Å². The molecule has 15 heavy (non-hydrogen) atoms. The molecule has 82 valence electrons. The van der Waals surface area contributed by atoms with Crippen molar-refractivity contribution in [3.8, 4) is 0 Å². The first-order valence-corrected chi connectivity index (χ1v) is 4.45. The van der Waals surface area contributed by atoms with Gasteiger partial charge in [0.25, 0.3) is 0 Å². The van der Waals surface area contributed by atoms with Crippen LogP contribution < -0.4 is 4.90 Å². The smallest absolute Gasteiger partial charge is 0.363 e. The highest BCUT2D eigenvalue weighted by Gasteiger charge is 2.08. The number of nitro groups is 1. The molecule has 1 aromatic rings. The number of nitrogens with zero attached hydrogens (tertiary/aromatic N) is 3. The van der Waals surface area contributed by atoms with E-state index in [1.54, 1.807) is 13.2 Å². The zero-order chi connectivity index (χ0) is 11.3. The Morgan fingerprint density at radius 1 is 1.60 bits per heavy atom. The van der Waals surface area contributed by atoms with E-state index in [0.717, 1.165) is 12.2 Å². The number of pyridine rings is 1. The van der Waals surface area contributed by atoms with Crippen LogP contribution in [0.25, 0.3) is 0 Å². The van der Waals surface area contributed by atoms with Gasteiger partial charge < -0.3 is 19.8 Å². The van der Waals surface area contributed by atoms with Crippen LogP contribution in [0.5, 0.6) is 0 Å². The van der Waals surface area contributed by atoms with Crippen molar-refractivity contribution in [2.45, 2.75) is 0 Å². The summed E-state index contributed by atoms with van der Waals surface area (Å²) in [5.74, 6) is -0.140. The molecule has 0 aliphatic heterocycles. The van der Waals surface area contributed by atoms with Crippen molar-refractivity contribution in [2.24, 2.45) is 0 Å². The van der Waals surface area contributed by atoms with Crippen molar-refractivity contribution in [1.29, 1.82) is 0 Å². The number of anilines is 1. The van der Waals surface area contributed by atoms with Crippen LogP contribution in [0.15, 0.2) is 18.3 Å². The highest BCUT2D eigenvalue weighted by molar-refractivity contribution is 5.45. The highest BCUT2D eigenvalue weighted by atomic mass is 16.6. The first kappa shape index (κ1) is 11.4. The quantitative estimate of drug-likeness (QED) is 0.538. The molecule has 0 saturated carbocycles. The fraction of sp³-hybridized carbons (Fsp3) is 0.444. The second-order valence-corrected chi connectivity index (χ2v) is 3.05. The maximum atomic E-state index is 10.4. The molecule has 1 rings (SSSR count). The molecule has 0 radical (unpaired) electrons. The normalized spacial score (nSPS) is 10.0. The molecular weight excluding hydrogens is 198 g/mol. The lowest BCUT2D eigenvalue weighted by Gasteiger charge is -2.16. The van der Waals surface area contributed by atoms with Gasteiger partial charge in [0.15, 0.2) is 6.20 Å². The minimum absolute atomic E-state index is 0.140. The number of aromatic nitrogens is 1. The van der Waals surface area contributed by atoms with E-state index in [-0.39, 0.29) is 5.82 Å². The molecule has 1 aromatic heterocycles. The Morgan fingerprint density at radius 2 is 2.33 bits per heavy atom. The Hall–Kier alpha value is -1.69. The SMILES string of the molecule is COCCN(C)c1ccc([N+](=O)[O-])nc1. The molecule has 1 heterocycles. The van der Waals surface area contributed by atoms with Crippen LogP contribution in [0.4, 0.5) is 11.5 Å². The third-order valence-corrected chi connectivity index (χ3v) is 1.99. The lowest BCUT2D eigenvalue weighted by Crippen LogP contribution is -2.22. The van der Waals surface area contributed by atoms with Crippen molar-refractivity contribution < 1.29 is 9.66 Å². The van der Waals surface area contributed by atoms with Gasteiger partial charge in [-0.3, -0.25) is 0 Å². The number of hydrogen-bond acceptors (Lipinski definition) is 5. The van der Waals surface area contributed by atoms with Crippen LogP contribution in [0.2, 0.25) is 0 Å². The summed E-state index contributed by atoms with van der Waals surface area (Å²) in [6.45, 7) is 1.32. The predicted molar refractivity (Wildman–Crippen MR) is 56.0 cm³/mol. The molecule has 0 spiro atoms. The van der Waals surface area contributed by atoms with E-state index in [1.807, 2.05) is 11.9 Å². The maximum Gasteiger partial charge on any atom is 0.363 e. The molecular formula is C9H13N3O3. The molecule has 0 N–H and O–H groups in total. The second kappa shape index (κ2) is 5.26. The minimum atomic E-state index is -0.515. The lowest BCUT2D eigenvalue weighted by molar-refractivity contribution is -0.389. The van der Waals surface area contributed by atoms with Gasteiger partial charge in [0.05, 0.1) is 12.3 Å². The van der Waals surface area contributed by atoms with Gasteiger partial charge in [-0.2, -0.15) is 0 Å². The van der Waals surface area contributed by atoms with Crippen LogP contribution in [-0.2, 0) is 4.74 Å². The number of methoxy groups -OCH3 is 1. The third-order valence-electron chi connectivity index (χ3n) is 1.99. The first-order chi connectivity index (χ1) is 7.15. The fourth-order valence-corrected chi connectivity index (χ4v) is 1.07. The Kier molecular flexibility index (Phi) is 3.99. The van der Waals surface area contributed by atoms with Crippen LogP contribution in [0.3, 0.4) is 0 Å². The maximum absolute atomic E-state index is 10.4. The highest BCUT2D eigenvalue weighted by Crippen LogP contribution is 2.14. The van der Waals surface area contributed by atoms with Gasteiger partial charge in [-0.15, -0.1) is 0 Å². The summed E-state index contributed by atoms with van der Waals surface area (Å²) in [5.41, 5.74) is 0.831. The summed E-state index contributed by atoms with van der Waals surface area (Å²) in [7, 11) is 3.50. The summed E-state index contributed by atoms with van der Waals surface area (Å²) in [4.78, 5) is 15.5.